The predicted molar refractivity (Wildman–Crippen MR) is 133 cm³/mol. The fraction of sp³-hybridized carbons (Fsp3) is 0.607. The van der Waals surface area contributed by atoms with Crippen molar-refractivity contribution in [1.29, 1.82) is 0 Å². The minimum absolute atomic E-state index is 0.0186. The lowest BCUT2D eigenvalue weighted by Crippen LogP contribution is -2.44. The molecule has 1 aliphatic heterocycles. The first kappa shape index (κ1) is 24.2. The lowest BCUT2D eigenvalue weighted by molar-refractivity contribution is -0.122. The molecule has 3 heteroatoms. The minimum Gasteiger partial charge on any atom is -0.463 e. The Labute approximate surface area is 193 Å². The molecule has 1 heterocycles. The molecule has 0 fully saturated rings. The van der Waals surface area contributed by atoms with E-state index in [4.69, 9.17) is 4.74 Å². The van der Waals surface area contributed by atoms with Gasteiger partial charge in [-0.1, -0.05) is 107 Å². The van der Waals surface area contributed by atoms with Crippen molar-refractivity contribution in [3.63, 3.8) is 0 Å². The zero-order valence-corrected chi connectivity index (χ0v) is 22.4. The second kappa shape index (κ2) is 7.01. The standard InChI is InChI=1S/C28H40O2S/c1-24(2,3)17-13-19(26(7,8)9)22-21(15-17)31-28(30-22)16-18(25(4,5)6)14-20(23(28)29)27(10,11)12/h13-16H,1-12H3. The molecule has 0 N–H and O–H groups in total. The van der Waals surface area contributed by atoms with E-state index >= 15 is 0 Å². The van der Waals surface area contributed by atoms with Gasteiger partial charge in [0.15, 0.2) is 0 Å². The molecule has 1 aliphatic carbocycles. The van der Waals surface area contributed by atoms with Gasteiger partial charge in [-0.2, -0.15) is 0 Å². The number of Topliss-reactive ketones (excluding diaryl/α,β-unsaturated/α-hetero) is 1. The first-order valence-electron chi connectivity index (χ1n) is 11.3. The number of fused-ring (bicyclic) bond motifs is 1. The topological polar surface area (TPSA) is 26.3 Å². The average Bonchev–Trinajstić information content (AvgIpc) is 2.91. The van der Waals surface area contributed by atoms with Crippen LogP contribution in [0.3, 0.4) is 0 Å². The lowest BCUT2D eigenvalue weighted by atomic mass is 9.74. The zero-order chi connectivity index (χ0) is 23.8. The van der Waals surface area contributed by atoms with Gasteiger partial charge in [-0.3, -0.25) is 4.79 Å². The van der Waals surface area contributed by atoms with E-state index in [1.54, 1.807) is 11.8 Å². The minimum atomic E-state index is -1.03. The summed E-state index contributed by atoms with van der Waals surface area (Å²) < 4.78 is 6.72. The number of carbonyl (C=O) groups is 1. The quantitative estimate of drug-likeness (QED) is 0.409. The molecule has 0 radical (unpaired) electrons. The van der Waals surface area contributed by atoms with E-state index in [1.165, 1.54) is 11.1 Å². The zero-order valence-electron chi connectivity index (χ0n) is 21.5. The number of benzene rings is 1. The highest BCUT2D eigenvalue weighted by Gasteiger charge is 2.52. The van der Waals surface area contributed by atoms with E-state index in [0.717, 1.165) is 21.8 Å². The molecule has 3 rings (SSSR count). The SMILES string of the molecule is CC(C)(C)C1=CC2(Oc3c(cc(C(C)(C)C)cc3C(C)(C)C)S2)C(=O)C(C(C)(C)C)=C1. The van der Waals surface area contributed by atoms with Crippen LogP contribution in [-0.2, 0) is 15.6 Å². The molecule has 170 valence electrons. The second-order valence-electron chi connectivity index (χ2n) is 13.2. The number of carbonyl (C=O) groups excluding carboxylic acids is 1. The summed E-state index contributed by atoms with van der Waals surface area (Å²) in [6.45, 7) is 26.3. The normalized spacial score (nSPS) is 22.3. The predicted octanol–water partition coefficient (Wildman–Crippen LogP) is 7.99. The monoisotopic (exact) mass is 440 g/mol. The highest BCUT2D eigenvalue weighted by Crippen LogP contribution is 2.57. The third kappa shape index (κ3) is 4.40. The first-order valence-corrected chi connectivity index (χ1v) is 12.1. The molecule has 1 aromatic rings. The van der Waals surface area contributed by atoms with Gasteiger partial charge in [-0.25, -0.2) is 0 Å². The van der Waals surface area contributed by atoms with Crippen molar-refractivity contribution in [3.05, 3.63) is 46.6 Å². The van der Waals surface area contributed by atoms with Gasteiger partial charge in [0, 0.05) is 11.1 Å². The van der Waals surface area contributed by atoms with E-state index < -0.39 is 4.93 Å². The summed E-state index contributed by atoms with van der Waals surface area (Å²) in [4.78, 5) is 14.0. The summed E-state index contributed by atoms with van der Waals surface area (Å²) in [6, 6.07) is 4.51. The Bertz CT molecular complexity index is 982. The van der Waals surface area contributed by atoms with Crippen molar-refractivity contribution in [2.45, 2.75) is 104 Å². The number of rotatable bonds is 0. The van der Waals surface area contributed by atoms with Crippen LogP contribution in [0.1, 0.15) is 94.2 Å². The Kier molecular flexibility index (Phi) is 5.46. The van der Waals surface area contributed by atoms with Crippen molar-refractivity contribution in [2.75, 3.05) is 0 Å². The molecular formula is C28H40O2S. The molecule has 0 aromatic heterocycles. The second-order valence-corrected chi connectivity index (χ2v) is 14.5. The smallest absolute Gasteiger partial charge is 0.241 e. The van der Waals surface area contributed by atoms with Crippen LogP contribution < -0.4 is 4.74 Å². The van der Waals surface area contributed by atoms with Crippen LogP contribution in [0.5, 0.6) is 5.75 Å². The van der Waals surface area contributed by atoms with Crippen LogP contribution in [0.2, 0.25) is 0 Å². The van der Waals surface area contributed by atoms with Gasteiger partial charge in [-0.15, -0.1) is 0 Å². The van der Waals surface area contributed by atoms with Crippen molar-refractivity contribution in [2.24, 2.45) is 10.8 Å². The van der Waals surface area contributed by atoms with E-state index in [2.05, 4.69) is 107 Å². The molecule has 0 bridgehead atoms. The fourth-order valence-electron chi connectivity index (χ4n) is 3.97. The number of hydrogen-bond acceptors (Lipinski definition) is 3. The number of ketones is 1. The molecule has 1 aromatic carbocycles. The van der Waals surface area contributed by atoms with Gasteiger partial charge < -0.3 is 4.74 Å². The van der Waals surface area contributed by atoms with Crippen LogP contribution in [-0.4, -0.2) is 10.7 Å². The Hall–Kier alpha value is -1.48. The molecule has 0 amide bonds. The van der Waals surface area contributed by atoms with Crippen molar-refractivity contribution >= 4 is 17.5 Å². The van der Waals surface area contributed by atoms with E-state index in [-0.39, 0.29) is 27.4 Å². The number of thioether (sulfide) groups is 1. The lowest BCUT2D eigenvalue weighted by Gasteiger charge is -2.37. The maximum absolute atomic E-state index is 13.9. The molecule has 1 unspecified atom stereocenters. The van der Waals surface area contributed by atoms with Gasteiger partial charge in [0.05, 0.1) is 4.90 Å². The maximum Gasteiger partial charge on any atom is 0.241 e. The summed E-state index contributed by atoms with van der Waals surface area (Å²) in [5, 5.41) is 0. The Morgan fingerprint density at radius 1 is 0.774 bits per heavy atom. The van der Waals surface area contributed by atoms with Gasteiger partial charge in [-0.05, 0) is 44.9 Å². The molecule has 1 spiro atoms. The highest BCUT2D eigenvalue weighted by molar-refractivity contribution is 8.01. The molecule has 31 heavy (non-hydrogen) atoms. The van der Waals surface area contributed by atoms with Gasteiger partial charge in [0.25, 0.3) is 0 Å². The molecule has 0 saturated heterocycles. The third-order valence-corrected chi connectivity index (χ3v) is 7.34. The molecular weight excluding hydrogens is 400 g/mol. The van der Waals surface area contributed by atoms with Crippen molar-refractivity contribution in [1.82, 2.24) is 0 Å². The van der Waals surface area contributed by atoms with Gasteiger partial charge in [0.2, 0.25) is 10.7 Å². The van der Waals surface area contributed by atoms with E-state index in [0.29, 0.717) is 0 Å². The number of ether oxygens (including phenoxy) is 1. The molecule has 0 saturated carbocycles. The summed E-state index contributed by atoms with van der Waals surface area (Å²) in [5.74, 6) is 0.949. The van der Waals surface area contributed by atoms with Crippen LogP contribution in [0.15, 0.2) is 40.3 Å². The Balaban J connectivity index is 2.24. The first-order chi connectivity index (χ1) is 13.8. The van der Waals surface area contributed by atoms with Crippen molar-refractivity contribution < 1.29 is 9.53 Å². The summed E-state index contributed by atoms with van der Waals surface area (Å²) in [5.41, 5.74) is 4.05. The van der Waals surface area contributed by atoms with E-state index in [9.17, 15) is 4.79 Å². The average molecular weight is 441 g/mol. The third-order valence-electron chi connectivity index (χ3n) is 6.12. The van der Waals surface area contributed by atoms with Crippen molar-refractivity contribution in [3.8, 4) is 5.75 Å². The van der Waals surface area contributed by atoms with Crippen LogP contribution in [0, 0.1) is 10.8 Å². The number of allylic oxidation sites excluding steroid dienone is 2. The summed E-state index contributed by atoms with van der Waals surface area (Å²) in [6.07, 6.45) is 4.18. The molecule has 1 atom stereocenters. The van der Waals surface area contributed by atoms with Gasteiger partial charge in [0.1, 0.15) is 5.75 Å². The number of hydrogen-bond donors (Lipinski definition) is 0. The van der Waals surface area contributed by atoms with Crippen LogP contribution in [0.4, 0.5) is 0 Å². The summed E-state index contributed by atoms with van der Waals surface area (Å²) >= 11 is 1.58. The largest absolute Gasteiger partial charge is 0.463 e. The molecule has 2 aliphatic rings. The fourth-order valence-corrected chi connectivity index (χ4v) is 5.24. The van der Waals surface area contributed by atoms with Crippen LogP contribution in [0.25, 0.3) is 0 Å². The highest BCUT2D eigenvalue weighted by atomic mass is 32.2. The molecule has 2 nitrogen and oxygen atoms in total. The summed E-state index contributed by atoms with van der Waals surface area (Å²) in [7, 11) is 0. The Morgan fingerprint density at radius 2 is 1.35 bits per heavy atom. The van der Waals surface area contributed by atoms with Crippen LogP contribution >= 0.6 is 11.8 Å². The Morgan fingerprint density at radius 3 is 1.81 bits per heavy atom. The van der Waals surface area contributed by atoms with Gasteiger partial charge >= 0.3 is 0 Å². The maximum atomic E-state index is 13.9. The van der Waals surface area contributed by atoms with E-state index in [1.807, 2.05) is 0 Å².